The summed E-state index contributed by atoms with van der Waals surface area (Å²) >= 11 is 5.95. The number of hydrogen-bond donors (Lipinski definition) is 1. The van der Waals surface area contributed by atoms with E-state index in [9.17, 15) is 8.42 Å². The molecular weight excluding hydrogens is 284 g/mol. The molecule has 0 bridgehead atoms. The molecule has 0 aliphatic carbocycles. The Morgan fingerprint density at radius 2 is 1.79 bits per heavy atom. The van der Waals surface area contributed by atoms with E-state index in [4.69, 9.17) is 11.6 Å². The lowest BCUT2D eigenvalue weighted by molar-refractivity contribution is 0.583. The molecule has 0 spiro atoms. The fourth-order valence-electron chi connectivity index (χ4n) is 1.95. The Hall–Kier alpha value is -1.85. The van der Waals surface area contributed by atoms with Crippen molar-refractivity contribution in [1.82, 2.24) is 4.83 Å². The maximum Gasteiger partial charge on any atom is 0.277 e. The van der Waals surface area contributed by atoms with E-state index in [-0.39, 0.29) is 4.90 Å². The van der Waals surface area contributed by atoms with Crippen LogP contribution < -0.4 is 4.83 Å². The first-order chi connectivity index (χ1) is 9.08. The van der Waals surface area contributed by atoms with Crippen LogP contribution >= 0.6 is 11.6 Å². The van der Waals surface area contributed by atoms with E-state index in [0.717, 1.165) is 5.56 Å². The number of hydrogen-bond acceptors (Lipinski definition) is 3. The van der Waals surface area contributed by atoms with Crippen molar-refractivity contribution >= 4 is 27.3 Å². The second-order valence-corrected chi connectivity index (χ2v) is 6.13. The first-order valence-electron chi connectivity index (χ1n) is 5.53. The summed E-state index contributed by atoms with van der Waals surface area (Å²) in [5, 5.41) is 4.43. The molecule has 0 unspecified atom stereocenters. The highest BCUT2D eigenvalue weighted by Crippen LogP contribution is 2.26. The summed E-state index contributed by atoms with van der Waals surface area (Å²) in [6.07, 6.45) is 0. The fourth-order valence-corrected chi connectivity index (χ4v) is 3.13. The Kier molecular flexibility index (Phi) is 2.80. The minimum absolute atomic E-state index is 0.186. The Labute approximate surface area is 115 Å². The first-order valence-corrected chi connectivity index (χ1v) is 7.39. The monoisotopic (exact) mass is 292 g/mol. The number of nitrogens with one attached hydrogen (secondary N) is 1. The summed E-state index contributed by atoms with van der Waals surface area (Å²) in [7, 11) is -3.60. The molecule has 0 atom stereocenters. The Morgan fingerprint density at radius 1 is 1.05 bits per heavy atom. The van der Waals surface area contributed by atoms with Gasteiger partial charge in [0.1, 0.15) is 0 Å². The van der Waals surface area contributed by atoms with Gasteiger partial charge in [-0.05, 0) is 18.2 Å². The molecule has 2 aromatic carbocycles. The maximum atomic E-state index is 11.9. The zero-order valence-corrected chi connectivity index (χ0v) is 11.2. The van der Waals surface area contributed by atoms with Crippen molar-refractivity contribution in [3.05, 3.63) is 64.7 Å². The summed E-state index contributed by atoms with van der Waals surface area (Å²) in [4.78, 5) is 2.39. The van der Waals surface area contributed by atoms with Crippen molar-refractivity contribution in [2.45, 2.75) is 4.90 Å². The van der Waals surface area contributed by atoms with Crippen LogP contribution in [0.15, 0.2) is 58.5 Å². The van der Waals surface area contributed by atoms with Gasteiger partial charge in [-0.25, -0.2) is 0 Å². The van der Waals surface area contributed by atoms with E-state index in [1.165, 1.54) is 6.07 Å². The van der Waals surface area contributed by atoms with Crippen molar-refractivity contribution < 1.29 is 8.42 Å². The third-order valence-electron chi connectivity index (χ3n) is 2.81. The normalized spacial score (nSPS) is 16.2. The summed E-state index contributed by atoms with van der Waals surface area (Å²) < 4.78 is 23.8. The van der Waals surface area contributed by atoms with Gasteiger partial charge in [0, 0.05) is 16.1 Å². The highest BCUT2D eigenvalue weighted by molar-refractivity contribution is 7.89. The number of benzene rings is 2. The van der Waals surface area contributed by atoms with Gasteiger partial charge in [0.2, 0.25) is 0 Å². The van der Waals surface area contributed by atoms with Gasteiger partial charge in [-0.15, -0.1) is 0 Å². The number of rotatable bonds is 1. The molecule has 96 valence electrons. The van der Waals surface area contributed by atoms with Gasteiger partial charge < -0.3 is 0 Å². The lowest BCUT2D eigenvalue weighted by Gasteiger charge is -2.18. The molecule has 1 aliphatic rings. The SMILES string of the molecule is O=S1(=O)NN=C(c2ccccc2)c2cc(Cl)ccc21. The largest absolute Gasteiger partial charge is 0.277 e. The van der Waals surface area contributed by atoms with Gasteiger partial charge in [-0.1, -0.05) is 41.9 Å². The van der Waals surface area contributed by atoms with Crippen LogP contribution in [0, 0.1) is 0 Å². The van der Waals surface area contributed by atoms with Gasteiger partial charge in [-0.3, -0.25) is 0 Å². The standard InChI is InChI=1S/C13H9ClN2O2S/c14-10-6-7-12-11(8-10)13(15-16-19(12,17)18)9-4-2-1-3-5-9/h1-8,16H. The van der Waals surface area contributed by atoms with Gasteiger partial charge in [0.25, 0.3) is 10.0 Å². The van der Waals surface area contributed by atoms with Crippen molar-refractivity contribution in [2.75, 3.05) is 0 Å². The maximum absolute atomic E-state index is 11.9. The van der Waals surface area contributed by atoms with Crippen LogP contribution in [0.2, 0.25) is 5.02 Å². The quantitative estimate of drug-likeness (QED) is 0.877. The third kappa shape index (κ3) is 2.11. The lowest BCUT2D eigenvalue weighted by Crippen LogP contribution is -2.28. The molecule has 2 aromatic rings. The molecule has 3 rings (SSSR count). The average Bonchev–Trinajstić information content (AvgIpc) is 2.39. The summed E-state index contributed by atoms with van der Waals surface area (Å²) in [6, 6.07) is 14.0. The van der Waals surface area contributed by atoms with Crippen LogP contribution in [-0.4, -0.2) is 14.1 Å². The third-order valence-corrected chi connectivity index (χ3v) is 4.31. The molecule has 0 amide bonds. The van der Waals surface area contributed by atoms with Crippen LogP contribution in [0.5, 0.6) is 0 Å². The fraction of sp³-hybridized carbons (Fsp3) is 0. The van der Waals surface area contributed by atoms with Crippen LogP contribution in [0.4, 0.5) is 0 Å². The van der Waals surface area contributed by atoms with E-state index < -0.39 is 10.0 Å². The molecule has 19 heavy (non-hydrogen) atoms. The highest BCUT2D eigenvalue weighted by atomic mass is 35.5. The number of hydrazone groups is 1. The summed E-state index contributed by atoms with van der Waals surface area (Å²) in [6.45, 7) is 0. The van der Waals surface area contributed by atoms with Crippen LogP contribution in [0.1, 0.15) is 11.1 Å². The second-order valence-electron chi connectivity index (χ2n) is 4.06. The molecule has 0 saturated heterocycles. The van der Waals surface area contributed by atoms with Gasteiger partial charge >= 0.3 is 0 Å². The van der Waals surface area contributed by atoms with E-state index in [0.29, 0.717) is 16.3 Å². The van der Waals surface area contributed by atoms with Crippen molar-refractivity contribution in [3.63, 3.8) is 0 Å². The van der Waals surface area contributed by atoms with E-state index in [2.05, 4.69) is 9.93 Å². The molecule has 6 heteroatoms. The number of nitrogens with zero attached hydrogens (tertiary/aromatic N) is 1. The number of halogens is 1. The molecule has 0 fully saturated rings. The smallest absolute Gasteiger partial charge is 0.200 e. The Bertz CT molecular complexity index is 770. The molecule has 1 aliphatic heterocycles. The van der Waals surface area contributed by atoms with Crippen LogP contribution in [0.25, 0.3) is 0 Å². The molecule has 0 radical (unpaired) electrons. The van der Waals surface area contributed by atoms with Gasteiger partial charge in [0.15, 0.2) is 0 Å². The first kappa shape index (κ1) is 12.2. The predicted molar refractivity (Wildman–Crippen MR) is 73.9 cm³/mol. The van der Waals surface area contributed by atoms with Crippen molar-refractivity contribution in [3.8, 4) is 0 Å². The Balaban J connectivity index is 2.26. The minimum Gasteiger partial charge on any atom is -0.200 e. The minimum atomic E-state index is -3.60. The van der Waals surface area contributed by atoms with Gasteiger partial charge in [0.05, 0.1) is 10.6 Å². The lowest BCUT2D eigenvalue weighted by atomic mass is 10.0. The Morgan fingerprint density at radius 3 is 2.53 bits per heavy atom. The molecule has 1 N–H and O–H groups in total. The highest BCUT2D eigenvalue weighted by Gasteiger charge is 2.26. The zero-order valence-electron chi connectivity index (χ0n) is 9.67. The van der Waals surface area contributed by atoms with E-state index in [1.807, 2.05) is 30.3 Å². The molecule has 1 heterocycles. The number of fused-ring (bicyclic) bond motifs is 1. The average molecular weight is 293 g/mol. The molecular formula is C13H9ClN2O2S. The van der Waals surface area contributed by atoms with E-state index >= 15 is 0 Å². The summed E-state index contributed by atoms with van der Waals surface area (Å²) in [5.74, 6) is 0. The second kappa shape index (κ2) is 4.36. The van der Waals surface area contributed by atoms with Gasteiger partial charge in [-0.2, -0.15) is 18.4 Å². The summed E-state index contributed by atoms with van der Waals surface area (Å²) in [5.41, 5.74) is 1.90. The molecule has 0 aromatic heterocycles. The zero-order chi connectivity index (χ0) is 13.5. The van der Waals surface area contributed by atoms with Crippen molar-refractivity contribution in [1.29, 1.82) is 0 Å². The van der Waals surface area contributed by atoms with Crippen LogP contribution in [-0.2, 0) is 10.0 Å². The molecule has 0 saturated carbocycles. The van der Waals surface area contributed by atoms with E-state index in [1.54, 1.807) is 12.1 Å². The predicted octanol–water partition coefficient (Wildman–Crippen LogP) is 2.38. The number of sulfonamides is 1. The molecule has 4 nitrogen and oxygen atoms in total. The van der Waals surface area contributed by atoms with Crippen molar-refractivity contribution in [2.24, 2.45) is 5.10 Å². The van der Waals surface area contributed by atoms with Crippen LogP contribution in [0.3, 0.4) is 0 Å². The topological polar surface area (TPSA) is 58.5 Å².